The molecule has 1 heterocycles. The molecule has 0 saturated heterocycles. The Kier molecular flexibility index (Phi) is 3.08. The van der Waals surface area contributed by atoms with Crippen LogP contribution in [0, 0.1) is 0 Å². The molecule has 0 bridgehead atoms. The van der Waals surface area contributed by atoms with Crippen LogP contribution >= 0.6 is 0 Å². The van der Waals surface area contributed by atoms with E-state index >= 15 is 0 Å². The van der Waals surface area contributed by atoms with Crippen molar-refractivity contribution in [3.05, 3.63) is 11.7 Å². The van der Waals surface area contributed by atoms with Crippen LogP contribution in [0.4, 0.5) is 0 Å². The Balaban J connectivity index is 2.44. The molecule has 0 N–H and O–H groups in total. The van der Waals surface area contributed by atoms with Crippen LogP contribution in [0.5, 0.6) is 0 Å². The van der Waals surface area contributed by atoms with Gasteiger partial charge in [0.25, 0.3) is 0 Å². The molecule has 0 aliphatic heterocycles. The Bertz CT molecular complexity index is 208. The van der Waals surface area contributed by atoms with Crippen LogP contribution in [0.25, 0.3) is 0 Å². The molecule has 0 aliphatic carbocycles. The highest BCUT2D eigenvalue weighted by Crippen LogP contribution is 2.01. The lowest BCUT2D eigenvalue weighted by atomic mass is 10.2. The Morgan fingerprint density at radius 3 is 2.73 bits per heavy atom. The standard InChI is InChI=1S/C8H14N2O/c1-3-5-6-7-9-8(4-2)11-10-7/h3-6H2,1-2H3. The summed E-state index contributed by atoms with van der Waals surface area (Å²) < 4.78 is 4.95. The van der Waals surface area contributed by atoms with Crippen LogP contribution in [0.1, 0.15) is 38.4 Å². The molecule has 0 radical (unpaired) electrons. The number of unbranched alkanes of at least 4 members (excludes halogenated alkanes) is 1. The van der Waals surface area contributed by atoms with Gasteiger partial charge < -0.3 is 4.52 Å². The van der Waals surface area contributed by atoms with E-state index in [1.54, 1.807) is 0 Å². The van der Waals surface area contributed by atoms with Crippen molar-refractivity contribution in [3.63, 3.8) is 0 Å². The maximum Gasteiger partial charge on any atom is 0.226 e. The molecule has 1 aromatic rings. The van der Waals surface area contributed by atoms with E-state index in [1.807, 2.05) is 6.92 Å². The highest BCUT2D eigenvalue weighted by atomic mass is 16.5. The summed E-state index contributed by atoms with van der Waals surface area (Å²) in [4.78, 5) is 4.19. The Morgan fingerprint density at radius 2 is 2.18 bits per heavy atom. The monoisotopic (exact) mass is 154 g/mol. The van der Waals surface area contributed by atoms with Gasteiger partial charge in [0.15, 0.2) is 5.82 Å². The molecule has 0 atom stereocenters. The predicted molar refractivity (Wildman–Crippen MR) is 42.3 cm³/mol. The molecule has 0 amide bonds. The number of hydrogen-bond acceptors (Lipinski definition) is 3. The average Bonchev–Trinajstić information content (AvgIpc) is 2.48. The van der Waals surface area contributed by atoms with Crippen LogP contribution in [-0.4, -0.2) is 10.1 Å². The van der Waals surface area contributed by atoms with Gasteiger partial charge in [-0.05, 0) is 6.42 Å². The van der Waals surface area contributed by atoms with E-state index in [0.717, 1.165) is 31.0 Å². The van der Waals surface area contributed by atoms with Crippen molar-refractivity contribution >= 4 is 0 Å². The van der Waals surface area contributed by atoms with Gasteiger partial charge in [-0.2, -0.15) is 4.98 Å². The molecule has 62 valence electrons. The zero-order valence-corrected chi connectivity index (χ0v) is 7.13. The van der Waals surface area contributed by atoms with Gasteiger partial charge in [0, 0.05) is 12.8 Å². The van der Waals surface area contributed by atoms with Gasteiger partial charge in [0.2, 0.25) is 5.89 Å². The van der Waals surface area contributed by atoms with Crippen molar-refractivity contribution in [1.82, 2.24) is 10.1 Å². The summed E-state index contributed by atoms with van der Waals surface area (Å²) in [6.07, 6.45) is 4.10. The van der Waals surface area contributed by atoms with Gasteiger partial charge in [-0.3, -0.25) is 0 Å². The van der Waals surface area contributed by atoms with E-state index < -0.39 is 0 Å². The molecule has 1 rings (SSSR count). The van der Waals surface area contributed by atoms with E-state index in [2.05, 4.69) is 17.1 Å². The third-order valence-electron chi connectivity index (χ3n) is 1.57. The summed E-state index contributed by atoms with van der Waals surface area (Å²) in [5.41, 5.74) is 0. The fraction of sp³-hybridized carbons (Fsp3) is 0.750. The highest BCUT2D eigenvalue weighted by molar-refractivity contribution is 4.85. The predicted octanol–water partition coefficient (Wildman–Crippen LogP) is 1.97. The van der Waals surface area contributed by atoms with Crippen molar-refractivity contribution in [2.24, 2.45) is 0 Å². The highest BCUT2D eigenvalue weighted by Gasteiger charge is 2.01. The van der Waals surface area contributed by atoms with E-state index in [4.69, 9.17) is 4.52 Å². The summed E-state index contributed by atoms with van der Waals surface area (Å²) >= 11 is 0. The first-order valence-electron chi connectivity index (χ1n) is 4.18. The maximum atomic E-state index is 4.95. The summed E-state index contributed by atoms with van der Waals surface area (Å²) in [5, 5.41) is 3.84. The molecule has 0 saturated carbocycles. The van der Waals surface area contributed by atoms with Gasteiger partial charge >= 0.3 is 0 Å². The quantitative estimate of drug-likeness (QED) is 0.665. The molecule has 1 aromatic heterocycles. The first-order chi connectivity index (χ1) is 5.36. The molecular weight excluding hydrogens is 140 g/mol. The third kappa shape index (κ3) is 2.33. The molecule has 3 nitrogen and oxygen atoms in total. The summed E-state index contributed by atoms with van der Waals surface area (Å²) in [5.74, 6) is 1.60. The Morgan fingerprint density at radius 1 is 1.36 bits per heavy atom. The van der Waals surface area contributed by atoms with E-state index in [9.17, 15) is 0 Å². The van der Waals surface area contributed by atoms with E-state index in [1.165, 1.54) is 6.42 Å². The Hall–Kier alpha value is -0.860. The summed E-state index contributed by atoms with van der Waals surface area (Å²) in [6.45, 7) is 4.16. The minimum atomic E-state index is 0.746. The smallest absolute Gasteiger partial charge is 0.226 e. The Labute approximate surface area is 66.8 Å². The average molecular weight is 154 g/mol. The second kappa shape index (κ2) is 4.11. The molecular formula is C8H14N2O. The first kappa shape index (κ1) is 8.24. The van der Waals surface area contributed by atoms with Gasteiger partial charge in [-0.25, -0.2) is 0 Å². The number of aryl methyl sites for hydroxylation is 2. The van der Waals surface area contributed by atoms with Crippen molar-refractivity contribution in [1.29, 1.82) is 0 Å². The number of rotatable bonds is 4. The van der Waals surface area contributed by atoms with Crippen molar-refractivity contribution < 1.29 is 4.52 Å². The summed E-state index contributed by atoms with van der Waals surface area (Å²) in [6, 6.07) is 0. The lowest BCUT2D eigenvalue weighted by Gasteiger charge is -1.87. The van der Waals surface area contributed by atoms with E-state index in [-0.39, 0.29) is 0 Å². The molecule has 0 spiro atoms. The fourth-order valence-corrected chi connectivity index (χ4v) is 0.870. The normalized spacial score (nSPS) is 10.4. The fourth-order valence-electron chi connectivity index (χ4n) is 0.870. The molecule has 0 fully saturated rings. The molecule has 11 heavy (non-hydrogen) atoms. The largest absolute Gasteiger partial charge is 0.339 e. The zero-order valence-electron chi connectivity index (χ0n) is 7.13. The molecule has 0 aliphatic rings. The first-order valence-corrected chi connectivity index (χ1v) is 4.18. The SMILES string of the molecule is CCCCc1noc(CC)n1. The topological polar surface area (TPSA) is 38.9 Å². The lowest BCUT2D eigenvalue weighted by molar-refractivity contribution is 0.376. The molecule has 3 heteroatoms. The summed E-state index contributed by atoms with van der Waals surface area (Å²) in [7, 11) is 0. The third-order valence-corrected chi connectivity index (χ3v) is 1.57. The number of hydrogen-bond donors (Lipinski definition) is 0. The molecule has 0 unspecified atom stereocenters. The minimum Gasteiger partial charge on any atom is -0.339 e. The van der Waals surface area contributed by atoms with Crippen LogP contribution in [-0.2, 0) is 12.8 Å². The van der Waals surface area contributed by atoms with E-state index in [0.29, 0.717) is 0 Å². The van der Waals surface area contributed by atoms with Gasteiger partial charge in [-0.1, -0.05) is 25.4 Å². The van der Waals surface area contributed by atoms with Crippen LogP contribution < -0.4 is 0 Å². The second-order valence-corrected chi connectivity index (χ2v) is 2.56. The van der Waals surface area contributed by atoms with Gasteiger partial charge in [0.1, 0.15) is 0 Å². The second-order valence-electron chi connectivity index (χ2n) is 2.56. The number of nitrogens with zero attached hydrogens (tertiary/aromatic N) is 2. The van der Waals surface area contributed by atoms with Crippen molar-refractivity contribution in [2.75, 3.05) is 0 Å². The van der Waals surface area contributed by atoms with Gasteiger partial charge in [0.05, 0.1) is 0 Å². The molecule has 0 aromatic carbocycles. The lowest BCUT2D eigenvalue weighted by Crippen LogP contribution is -1.87. The maximum absolute atomic E-state index is 4.95. The zero-order chi connectivity index (χ0) is 8.10. The van der Waals surface area contributed by atoms with Crippen LogP contribution in [0.2, 0.25) is 0 Å². The minimum absolute atomic E-state index is 0.746. The van der Waals surface area contributed by atoms with Gasteiger partial charge in [-0.15, -0.1) is 0 Å². The number of aromatic nitrogens is 2. The van der Waals surface area contributed by atoms with Crippen molar-refractivity contribution in [3.8, 4) is 0 Å². The van der Waals surface area contributed by atoms with Crippen LogP contribution in [0.3, 0.4) is 0 Å². The van der Waals surface area contributed by atoms with Crippen molar-refractivity contribution in [2.45, 2.75) is 39.5 Å². The van der Waals surface area contributed by atoms with Crippen LogP contribution in [0.15, 0.2) is 4.52 Å².